The summed E-state index contributed by atoms with van der Waals surface area (Å²) >= 11 is 0. The Labute approximate surface area is 115 Å². The van der Waals surface area contributed by atoms with Gasteiger partial charge in [0.1, 0.15) is 6.54 Å². The van der Waals surface area contributed by atoms with E-state index in [0.717, 1.165) is 13.1 Å². The van der Waals surface area contributed by atoms with Crippen molar-refractivity contribution in [3.63, 3.8) is 0 Å². The Hall–Kier alpha value is -2.15. The van der Waals surface area contributed by atoms with Crippen molar-refractivity contribution < 1.29 is 4.79 Å². The molecule has 1 amide bonds. The highest BCUT2D eigenvalue weighted by atomic mass is 16.2. The van der Waals surface area contributed by atoms with Crippen LogP contribution in [0, 0.1) is 0 Å². The van der Waals surface area contributed by atoms with Crippen molar-refractivity contribution in [2.24, 2.45) is 0 Å². The average Bonchev–Trinajstić information content (AvgIpc) is 2.76. The topological polar surface area (TPSA) is 71.6 Å². The molecule has 3 rings (SSSR count). The Morgan fingerprint density at radius 2 is 2.35 bits per heavy atom. The van der Waals surface area contributed by atoms with Crippen LogP contribution in [0.15, 0.2) is 29.2 Å². The Bertz CT molecular complexity index is 689. The Morgan fingerprint density at radius 3 is 3.10 bits per heavy atom. The van der Waals surface area contributed by atoms with Gasteiger partial charge < -0.3 is 10.2 Å². The fraction of sp³-hybridized carbons (Fsp3) is 0.462. The molecule has 1 N–H and O–H groups in total. The first-order valence-corrected chi connectivity index (χ1v) is 6.71. The van der Waals surface area contributed by atoms with Gasteiger partial charge in [-0.15, -0.1) is 5.10 Å². The number of carbonyl (C=O) groups is 1. The molecule has 1 aliphatic rings. The van der Waals surface area contributed by atoms with Gasteiger partial charge in [-0.3, -0.25) is 9.20 Å². The minimum atomic E-state index is -0.281. The summed E-state index contributed by atoms with van der Waals surface area (Å²) in [6.07, 6.45) is 1.65. The number of hydrogen-bond donors (Lipinski definition) is 1. The minimum Gasteiger partial charge on any atom is -0.336 e. The molecule has 0 spiro atoms. The van der Waals surface area contributed by atoms with Crippen LogP contribution in [0.4, 0.5) is 0 Å². The third kappa shape index (κ3) is 2.20. The van der Waals surface area contributed by atoms with Crippen molar-refractivity contribution in [2.45, 2.75) is 19.5 Å². The molecule has 0 saturated carbocycles. The Balaban J connectivity index is 1.84. The molecule has 0 aliphatic carbocycles. The number of piperazine rings is 1. The molecule has 106 valence electrons. The van der Waals surface area contributed by atoms with E-state index >= 15 is 0 Å². The number of nitrogens with zero attached hydrogens (tertiary/aromatic N) is 4. The zero-order valence-corrected chi connectivity index (χ0v) is 11.3. The van der Waals surface area contributed by atoms with Gasteiger partial charge in [0.15, 0.2) is 5.65 Å². The summed E-state index contributed by atoms with van der Waals surface area (Å²) in [6.45, 7) is 4.23. The Morgan fingerprint density at radius 1 is 1.50 bits per heavy atom. The van der Waals surface area contributed by atoms with Crippen LogP contribution in [0.3, 0.4) is 0 Å². The van der Waals surface area contributed by atoms with E-state index in [4.69, 9.17) is 0 Å². The molecular formula is C13H17N5O2. The molecule has 1 saturated heterocycles. The first-order valence-electron chi connectivity index (χ1n) is 6.71. The fourth-order valence-electron chi connectivity index (χ4n) is 2.50. The lowest BCUT2D eigenvalue weighted by Gasteiger charge is -2.33. The molecule has 0 aromatic carbocycles. The zero-order valence-electron chi connectivity index (χ0n) is 11.3. The lowest BCUT2D eigenvalue weighted by atomic mass is 10.2. The first-order chi connectivity index (χ1) is 9.66. The van der Waals surface area contributed by atoms with E-state index in [1.165, 1.54) is 9.08 Å². The van der Waals surface area contributed by atoms with Gasteiger partial charge in [-0.2, -0.15) is 0 Å². The van der Waals surface area contributed by atoms with E-state index in [-0.39, 0.29) is 24.2 Å². The number of carbonyl (C=O) groups excluding carboxylic acids is 1. The van der Waals surface area contributed by atoms with Crippen molar-refractivity contribution in [3.8, 4) is 0 Å². The molecule has 1 atom stereocenters. The van der Waals surface area contributed by atoms with Gasteiger partial charge in [0.05, 0.1) is 0 Å². The maximum absolute atomic E-state index is 12.3. The molecule has 7 heteroatoms. The molecule has 0 radical (unpaired) electrons. The van der Waals surface area contributed by atoms with Gasteiger partial charge >= 0.3 is 5.69 Å². The molecule has 2 aromatic heterocycles. The van der Waals surface area contributed by atoms with Gasteiger partial charge in [-0.25, -0.2) is 9.48 Å². The molecule has 20 heavy (non-hydrogen) atoms. The second kappa shape index (κ2) is 5.09. The molecule has 2 aromatic rings. The van der Waals surface area contributed by atoms with Gasteiger partial charge in [-0.1, -0.05) is 6.07 Å². The van der Waals surface area contributed by atoms with Crippen molar-refractivity contribution in [3.05, 3.63) is 34.9 Å². The summed E-state index contributed by atoms with van der Waals surface area (Å²) in [4.78, 5) is 26.2. The van der Waals surface area contributed by atoms with Crippen LogP contribution in [-0.2, 0) is 11.3 Å². The molecule has 1 aliphatic heterocycles. The summed E-state index contributed by atoms with van der Waals surface area (Å²) in [5.74, 6) is -0.0653. The number of rotatable bonds is 2. The predicted molar refractivity (Wildman–Crippen MR) is 73.5 cm³/mol. The number of nitrogens with one attached hydrogen (secondary N) is 1. The number of aromatic nitrogens is 3. The molecule has 1 fully saturated rings. The molecule has 7 nitrogen and oxygen atoms in total. The number of amides is 1. The van der Waals surface area contributed by atoms with Gasteiger partial charge in [-0.05, 0) is 19.1 Å². The Kier molecular flexibility index (Phi) is 3.27. The summed E-state index contributed by atoms with van der Waals surface area (Å²) < 4.78 is 2.67. The number of fused-ring (bicyclic) bond motifs is 1. The third-order valence-electron chi connectivity index (χ3n) is 3.60. The smallest absolute Gasteiger partial charge is 0.336 e. The maximum atomic E-state index is 12.3. The van der Waals surface area contributed by atoms with Crippen LogP contribution in [-0.4, -0.2) is 50.7 Å². The zero-order chi connectivity index (χ0) is 14.1. The minimum absolute atomic E-state index is 0.00907. The van der Waals surface area contributed by atoms with E-state index in [1.807, 2.05) is 13.0 Å². The van der Waals surface area contributed by atoms with Gasteiger partial charge in [0.25, 0.3) is 0 Å². The van der Waals surface area contributed by atoms with Crippen LogP contribution >= 0.6 is 0 Å². The predicted octanol–water partition coefficient (Wildman–Crippen LogP) is -0.684. The van der Waals surface area contributed by atoms with E-state index in [2.05, 4.69) is 10.4 Å². The van der Waals surface area contributed by atoms with Gasteiger partial charge in [0.2, 0.25) is 5.91 Å². The van der Waals surface area contributed by atoms with Crippen LogP contribution in [0.5, 0.6) is 0 Å². The highest BCUT2D eigenvalue weighted by Gasteiger charge is 2.24. The van der Waals surface area contributed by atoms with Crippen molar-refractivity contribution in [1.29, 1.82) is 0 Å². The summed E-state index contributed by atoms with van der Waals surface area (Å²) in [6, 6.07) is 5.46. The van der Waals surface area contributed by atoms with Crippen LogP contribution < -0.4 is 11.0 Å². The quantitative estimate of drug-likeness (QED) is 0.788. The van der Waals surface area contributed by atoms with Crippen molar-refractivity contribution >= 4 is 11.6 Å². The standard InChI is InChI=1S/C13H17N5O2/c1-10-8-14-5-7-16(10)12(19)9-18-13(20)17-6-3-2-4-11(17)15-18/h2-4,6,10,14H,5,7-9H2,1H3. The third-order valence-corrected chi connectivity index (χ3v) is 3.60. The van der Waals surface area contributed by atoms with Crippen molar-refractivity contribution in [2.75, 3.05) is 19.6 Å². The second-order valence-electron chi connectivity index (χ2n) is 5.01. The SMILES string of the molecule is CC1CNCCN1C(=O)Cn1nc2ccccn2c1=O. The van der Waals surface area contributed by atoms with E-state index in [9.17, 15) is 9.59 Å². The average molecular weight is 275 g/mol. The van der Waals surface area contributed by atoms with E-state index < -0.39 is 0 Å². The molecular weight excluding hydrogens is 258 g/mol. The van der Waals surface area contributed by atoms with Crippen LogP contribution in [0.25, 0.3) is 5.65 Å². The summed E-state index contributed by atoms with van der Waals surface area (Å²) in [7, 11) is 0. The highest BCUT2D eigenvalue weighted by molar-refractivity contribution is 5.76. The lowest BCUT2D eigenvalue weighted by Crippen LogP contribution is -2.53. The molecule has 1 unspecified atom stereocenters. The lowest BCUT2D eigenvalue weighted by molar-refractivity contribution is -0.134. The van der Waals surface area contributed by atoms with Crippen molar-refractivity contribution in [1.82, 2.24) is 24.4 Å². The molecule has 3 heterocycles. The van der Waals surface area contributed by atoms with E-state index in [0.29, 0.717) is 12.2 Å². The first kappa shape index (κ1) is 12.9. The summed E-state index contributed by atoms with van der Waals surface area (Å²) in [5.41, 5.74) is 0.274. The maximum Gasteiger partial charge on any atom is 0.350 e. The highest BCUT2D eigenvalue weighted by Crippen LogP contribution is 2.04. The van der Waals surface area contributed by atoms with E-state index in [1.54, 1.807) is 23.2 Å². The second-order valence-corrected chi connectivity index (χ2v) is 5.01. The fourth-order valence-corrected chi connectivity index (χ4v) is 2.50. The van der Waals surface area contributed by atoms with Crippen LogP contribution in [0.1, 0.15) is 6.92 Å². The molecule has 0 bridgehead atoms. The monoisotopic (exact) mass is 275 g/mol. The van der Waals surface area contributed by atoms with Gasteiger partial charge in [0, 0.05) is 31.9 Å². The summed E-state index contributed by atoms with van der Waals surface area (Å²) in [5, 5.41) is 7.41. The number of hydrogen-bond acceptors (Lipinski definition) is 4. The van der Waals surface area contributed by atoms with Crippen LogP contribution in [0.2, 0.25) is 0 Å². The largest absolute Gasteiger partial charge is 0.350 e. The number of pyridine rings is 1. The normalized spacial score (nSPS) is 19.4.